The van der Waals surface area contributed by atoms with Crippen LogP contribution in [-0.2, 0) is 17.9 Å². The first-order valence-electron chi connectivity index (χ1n) is 13.7. The third-order valence-electron chi connectivity index (χ3n) is 7.06. The van der Waals surface area contributed by atoms with Crippen LogP contribution in [0.15, 0.2) is 120 Å². The normalized spacial score (nSPS) is 11.1. The Morgan fingerprint density at radius 2 is 1.54 bits per heavy atom. The number of oxazole rings is 1. The molecule has 0 aliphatic heterocycles. The molecule has 6 nitrogen and oxygen atoms in total. The number of carboxylic acid groups (broad SMARTS) is 1. The van der Waals surface area contributed by atoms with E-state index in [0.717, 1.165) is 46.2 Å². The number of rotatable bonds is 11. The Balaban J connectivity index is 1.29. The molecule has 0 bridgehead atoms. The molecule has 5 aromatic carbocycles. The lowest BCUT2D eigenvalue weighted by Gasteiger charge is -2.25. The van der Waals surface area contributed by atoms with Crippen LogP contribution < -0.4 is 9.64 Å². The standard InChI is InChI=1S/C35H30N2O4/c38-34(39)15-8-20-40-29-17-18-30-27(21-29)13-7-14-31(30)35-36-32-19-16-28(22-33(32)41-35)37(23-25-9-3-1-4-10-25)24-26-11-5-2-6-12-26/h1-7,9-14,16-19,21-22H,8,15,20,23-24H2,(H,38,39). The van der Waals surface area contributed by atoms with E-state index < -0.39 is 5.97 Å². The maximum absolute atomic E-state index is 10.8. The number of benzene rings is 5. The van der Waals surface area contributed by atoms with E-state index in [1.807, 2.05) is 54.6 Å². The number of hydrogen-bond acceptors (Lipinski definition) is 5. The van der Waals surface area contributed by atoms with Crippen LogP contribution in [0, 0.1) is 0 Å². The van der Waals surface area contributed by atoms with Crippen molar-refractivity contribution in [2.24, 2.45) is 0 Å². The van der Waals surface area contributed by atoms with Gasteiger partial charge >= 0.3 is 5.97 Å². The highest BCUT2D eigenvalue weighted by Gasteiger charge is 2.15. The molecule has 0 unspecified atom stereocenters. The molecule has 0 atom stereocenters. The van der Waals surface area contributed by atoms with Crippen LogP contribution in [0.25, 0.3) is 33.3 Å². The van der Waals surface area contributed by atoms with Gasteiger partial charge in [0, 0.05) is 36.8 Å². The van der Waals surface area contributed by atoms with E-state index >= 15 is 0 Å². The molecule has 0 fully saturated rings. The topological polar surface area (TPSA) is 75.8 Å². The molecule has 6 aromatic rings. The zero-order valence-corrected chi connectivity index (χ0v) is 22.6. The average Bonchev–Trinajstić information content (AvgIpc) is 3.43. The number of ether oxygens (including phenoxy) is 1. The Kier molecular flexibility index (Phi) is 7.63. The lowest BCUT2D eigenvalue weighted by atomic mass is 10.0. The summed E-state index contributed by atoms with van der Waals surface area (Å²) in [6.07, 6.45) is 0.555. The number of nitrogens with zero attached hydrogens (tertiary/aromatic N) is 2. The number of aromatic nitrogens is 1. The van der Waals surface area contributed by atoms with Crippen molar-refractivity contribution in [2.75, 3.05) is 11.5 Å². The van der Waals surface area contributed by atoms with Crippen LogP contribution in [-0.4, -0.2) is 22.7 Å². The van der Waals surface area contributed by atoms with Crippen LogP contribution in [0.5, 0.6) is 5.75 Å². The summed E-state index contributed by atoms with van der Waals surface area (Å²) in [5, 5.41) is 10.8. The van der Waals surface area contributed by atoms with Crippen molar-refractivity contribution in [3.63, 3.8) is 0 Å². The molecule has 0 saturated heterocycles. The third-order valence-corrected chi connectivity index (χ3v) is 7.06. The Labute approximate surface area is 238 Å². The Hall–Kier alpha value is -5.10. The zero-order chi connectivity index (χ0) is 28.0. The summed E-state index contributed by atoms with van der Waals surface area (Å²) in [7, 11) is 0. The summed E-state index contributed by atoms with van der Waals surface area (Å²) in [4.78, 5) is 17.9. The van der Waals surface area contributed by atoms with Crippen LogP contribution >= 0.6 is 0 Å². The maximum Gasteiger partial charge on any atom is 0.303 e. The lowest BCUT2D eigenvalue weighted by molar-refractivity contribution is -0.137. The third kappa shape index (κ3) is 6.23. The van der Waals surface area contributed by atoms with Gasteiger partial charge in [-0.25, -0.2) is 4.98 Å². The molecule has 0 amide bonds. The molecule has 0 saturated carbocycles. The van der Waals surface area contributed by atoms with Crippen LogP contribution in [0.1, 0.15) is 24.0 Å². The van der Waals surface area contributed by atoms with Gasteiger partial charge in [-0.3, -0.25) is 4.79 Å². The summed E-state index contributed by atoms with van der Waals surface area (Å²) >= 11 is 0. The largest absolute Gasteiger partial charge is 0.494 e. The fourth-order valence-corrected chi connectivity index (χ4v) is 5.02. The second kappa shape index (κ2) is 12.0. The van der Waals surface area contributed by atoms with E-state index in [1.165, 1.54) is 11.1 Å². The Bertz CT molecular complexity index is 1740. The van der Waals surface area contributed by atoms with Crippen molar-refractivity contribution < 1.29 is 19.1 Å². The summed E-state index contributed by atoms with van der Waals surface area (Å²) in [6.45, 7) is 1.90. The van der Waals surface area contributed by atoms with Crippen LogP contribution in [0.3, 0.4) is 0 Å². The number of fused-ring (bicyclic) bond motifs is 2. The van der Waals surface area contributed by atoms with Gasteiger partial charge in [0.15, 0.2) is 5.58 Å². The number of carbonyl (C=O) groups is 1. The van der Waals surface area contributed by atoms with Gasteiger partial charge in [-0.2, -0.15) is 0 Å². The van der Waals surface area contributed by atoms with Crippen molar-refractivity contribution >= 4 is 33.5 Å². The molecular formula is C35H30N2O4. The van der Waals surface area contributed by atoms with E-state index in [0.29, 0.717) is 24.7 Å². The summed E-state index contributed by atoms with van der Waals surface area (Å²) in [5.41, 5.74) is 5.99. The van der Waals surface area contributed by atoms with Gasteiger partial charge < -0.3 is 19.2 Å². The molecule has 0 aliphatic rings. The highest BCUT2D eigenvalue weighted by Crippen LogP contribution is 2.34. The molecule has 204 valence electrons. The van der Waals surface area contributed by atoms with Gasteiger partial charge in [0.25, 0.3) is 0 Å². The smallest absolute Gasteiger partial charge is 0.303 e. The van der Waals surface area contributed by atoms with Crippen molar-refractivity contribution in [2.45, 2.75) is 25.9 Å². The van der Waals surface area contributed by atoms with E-state index in [-0.39, 0.29) is 6.42 Å². The molecule has 1 N–H and O–H groups in total. The van der Waals surface area contributed by atoms with Crippen molar-refractivity contribution in [1.29, 1.82) is 0 Å². The number of carboxylic acids is 1. The molecule has 0 spiro atoms. The fraction of sp³-hybridized carbons (Fsp3) is 0.143. The summed E-state index contributed by atoms with van der Waals surface area (Å²) in [5.74, 6) is 0.456. The fourth-order valence-electron chi connectivity index (χ4n) is 5.02. The first kappa shape index (κ1) is 26.1. The maximum atomic E-state index is 10.8. The molecule has 41 heavy (non-hydrogen) atoms. The predicted molar refractivity (Wildman–Crippen MR) is 162 cm³/mol. The predicted octanol–water partition coefficient (Wildman–Crippen LogP) is 8.10. The van der Waals surface area contributed by atoms with E-state index in [9.17, 15) is 4.79 Å². The SMILES string of the molecule is O=C(O)CCCOc1ccc2c(-c3nc4ccc(N(Cc5ccccc5)Cc5ccccc5)cc4o3)cccc2c1. The highest BCUT2D eigenvalue weighted by atomic mass is 16.5. The van der Waals surface area contributed by atoms with Gasteiger partial charge in [0.05, 0.1) is 6.61 Å². The van der Waals surface area contributed by atoms with Gasteiger partial charge in [0.1, 0.15) is 11.3 Å². The number of aliphatic carboxylic acids is 1. The highest BCUT2D eigenvalue weighted by molar-refractivity contribution is 5.96. The molecule has 6 rings (SSSR count). The lowest BCUT2D eigenvalue weighted by Crippen LogP contribution is -2.22. The van der Waals surface area contributed by atoms with Crippen LogP contribution in [0.4, 0.5) is 5.69 Å². The first-order chi connectivity index (χ1) is 20.1. The number of hydrogen-bond donors (Lipinski definition) is 1. The minimum atomic E-state index is -0.817. The van der Waals surface area contributed by atoms with Crippen LogP contribution in [0.2, 0.25) is 0 Å². The van der Waals surface area contributed by atoms with Gasteiger partial charge in [-0.15, -0.1) is 0 Å². The molecular weight excluding hydrogens is 512 g/mol. The minimum absolute atomic E-state index is 0.0907. The average molecular weight is 543 g/mol. The quantitative estimate of drug-likeness (QED) is 0.167. The molecule has 0 aliphatic carbocycles. The second-order valence-corrected chi connectivity index (χ2v) is 10.0. The van der Waals surface area contributed by atoms with E-state index in [2.05, 4.69) is 65.6 Å². The Morgan fingerprint density at radius 1 is 0.805 bits per heavy atom. The first-order valence-corrected chi connectivity index (χ1v) is 13.7. The number of anilines is 1. The molecule has 1 heterocycles. The van der Waals surface area contributed by atoms with Gasteiger partial charge in [-0.05, 0) is 64.7 Å². The Morgan fingerprint density at radius 3 is 2.24 bits per heavy atom. The van der Waals surface area contributed by atoms with E-state index in [1.54, 1.807) is 0 Å². The summed E-state index contributed by atoms with van der Waals surface area (Å²) < 4.78 is 12.1. The molecule has 6 heteroatoms. The van der Waals surface area contributed by atoms with Gasteiger partial charge in [0.2, 0.25) is 5.89 Å². The van der Waals surface area contributed by atoms with Gasteiger partial charge in [-0.1, -0.05) is 72.8 Å². The minimum Gasteiger partial charge on any atom is -0.494 e. The van der Waals surface area contributed by atoms with Crippen molar-refractivity contribution in [3.8, 4) is 17.2 Å². The summed E-state index contributed by atoms with van der Waals surface area (Å²) in [6, 6.07) is 39.0. The van der Waals surface area contributed by atoms with E-state index in [4.69, 9.17) is 19.2 Å². The zero-order valence-electron chi connectivity index (χ0n) is 22.6. The second-order valence-electron chi connectivity index (χ2n) is 10.0. The molecule has 0 radical (unpaired) electrons. The van der Waals surface area contributed by atoms with Crippen molar-refractivity contribution in [1.82, 2.24) is 4.98 Å². The van der Waals surface area contributed by atoms with Crippen molar-refractivity contribution in [3.05, 3.63) is 126 Å². The monoisotopic (exact) mass is 542 g/mol. The molecule has 1 aromatic heterocycles.